The number of rotatable bonds is 6. The van der Waals surface area contributed by atoms with Gasteiger partial charge >= 0.3 is 0 Å². The highest BCUT2D eigenvalue weighted by Gasteiger charge is 2.16. The van der Waals surface area contributed by atoms with Gasteiger partial charge in [-0.3, -0.25) is 0 Å². The van der Waals surface area contributed by atoms with E-state index >= 15 is 0 Å². The van der Waals surface area contributed by atoms with E-state index in [1.165, 1.54) is 32.1 Å². The van der Waals surface area contributed by atoms with Crippen LogP contribution < -0.4 is 5.32 Å². The Balaban J connectivity index is 1.69. The zero-order valence-corrected chi connectivity index (χ0v) is 12.5. The molecule has 0 saturated heterocycles. The van der Waals surface area contributed by atoms with E-state index < -0.39 is 0 Å². The summed E-state index contributed by atoms with van der Waals surface area (Å²) >= 11 is 0. The number of nitrogens with zero attached hydrogens (tertiary/aromatic N) is 2. The van der Waals surface area contributed by atoms with Gasteiger partial charge in [0, 0.05) is 24.9 Å². The summed E-state index contributed by atoms with van der Waals surface area (Å²) in [4.78, 5) is 0. The third kappa shape index (κ3) is 5.31. The first-order valence-corrected chi connectivity index (χ1v) is 7.59. The van der Waals surface area contributed by atoms with E-state index in [1.54, 1.807) is 0 Å². The van der Waals surface area contributed by atoms with Crippen LogP contribution in [0.1, 0.15) is 64.7 Å². The molecule has 1 heterocycles. The summed E-state index contributed by atoms with van der Waals surface area (Å²) in [5.41, 5.74) is 0.144. The van der Waals surface area contributed by atoms with Crippen molar-refractivity contribution in [2.75, 3.05) is 6.54 Å². The van der Waals surface area contributed by atoms with Crippen molar-refractivity contribution in [1.82, 2.24) is 15.5 Å². The van der Waals surface area contributed by atoms with Gasteiger partial charge < -0.3 is 9.73 Å². The number of aromatic nitrogens is 2. The second kappa shape index (κ2) is 6.51. The molecule has 0 unspecified atom stereocenters. The zero-order valence-electron chi connectivity index (χ0n) is 12.5. The molecule has 1 saturated carbocycles. The first-order valence-electron chi connectivity index (χ1n) is 7.59. The predicted octanol–water partition coefficient (Wildman–Crippen LogP) is 3.12. The lowest BCUT2D eigenvalue weighted by Gasteiger charge is -2.19. The maximum Gasteiger partial charge on any atom is 0.217 e. The Morgan fingerprint density at radius 3 is 2.37 bits per heavy atom. The third-order valence-corrected chi connectivity index (χ3v) is 3.74. The molecule has 0 radical (unpaired) electrons. The van der Waals surface area contributed by atoms with E-state index in [2.05, 4.69) is 36.3 Å². The molecule has 0 spiro atoms. The second-order valence-electron chi connectivity index (χ2n) is 6.71. The average Bonchev–Trinajstić information content (AvgIpc) is 2.94. The van der Waals surface area contributed by atoms with Crippen LogP contribution in [0, 0.1) is 5.92 Å². The van der Waals surface area contributed by atoms with Gasteiger partial charge in [-0.1, -0.05) is 25.7 Å². The third-order valence-electron chi connectivity index (χ3n) is 3.74. The number of hydrogen-bond donors (Lipinski definition) is 1. The van der Waals surface area contributed by atoms with Crippen molar-refractivity contribution >= 4 is 0 Å². The molecule has 1 aromatic heterocycles. The fourth-order valence-electron chi connectivity index (χ4n) is 2.66. The lowest BCUT2D eigenvalue weighted by Crippen LogP contribution is -2.37. The van der Waals surface area contributed by atoms with Crippen molar-refractivity contribution in [1.29, 1.82) is 0 Å². The molecule has 0 atom stereocenters. The lowest BCUT2D eigenvalue weighted by atomic mass is 10.0. The molecular formula is C15H27N3O. The summed E-state index contributed by atoms with van der Waals surface area (Å²) in [6.45, 7) is 7.36. The largest absolute Gasteiger partial charge is 0.425 e. The van der Waals surface area contributed by atoms with Crippen molar-refractivity contribution in [3.63, 3.8) is 0 Å². The Morgan fingerprint density at radius 1 is 1.11 bits per heavy atom. The van der Waals surface area contributed by atoms with Crippen LogP contribution in [-0.4, -0.2) is 22.3 Å². The highest BCUT2D eigenvalue weighted by Crippen LogP contribution is 2.28. The maximum absolute atomic E-state index is 5.70. The van der Waals surface area contributed by atoms with Gasteiger partial charge in [0.05, 0.1) is 0 Å². The predicted molar refractivity (Wildman–Crippen MR) is 76.0 cm³/mol. The molecule has 1 fully saturated rings. The summed E-state index contributed by atoms with van der Waals surface area (Å²) in [6, 6.07) is 0. The Hall–Kier alpha value is -0.900. The number of hydrogen-bond acceptors (Lipinski definition) is 4. The van der Waals surface area contributed by atoms with E-state index in [9.17, 15) is 0 Å². The van der Waals surface area contributed by atoms with Crippen LogP contribution >= 0.6 is 0 Å². The standard InChI is InChI=1S/C15H27N3O/c1-15(2,3)16-11-10-14-18-17-13(19-14)9-8-12-6-4-5-7-12/h12,16H,4-11H2,1-3H3. The van der Waals surface area contributed by atoms with Gasteiger partial charge in [-0.2, -0.15) is 0 Å². The molecule has 0 amide bonds. The van der Waals surface area contributed by atoms with E-state index in [1.807, 2.05) is 0 Å². The molecule has 19 heavy (non-hydrogen) atoms. The summed E-state index contributed by atoms with van der Waals surface area (Å²) in [7, 11) is 0. The van der Waals surface area contributed by atoms with Gasteiger partial charge in [0.25, 0.3) is 0 Å². The lowest BCUT2D eigenvalue weighted by molar-refractivity contribution is 0.392. The molecule has 108 valence electrons. The minimum atomic E-state index is 0.144. The first-order chi connectivity index (χ1) is 9.03. The van der Waals surface area contributed by atoms with Crippen LogP contribution in [0.2, 0.25) is 0 Å². The van der Waals surface area contributed by atoms with Gasteiger partial charge in [-0.05, 0) is 33.1 Å². The van der Waals surface area contributed by atoms with E-state index in [0.717, 1.165) is 37.1 Å². The van der Waals surface area contributed by atoms with Crippen LogP contribution in [0.5, 0.6) is 0 Å². The first kappa shape index (κ1) is 14.5. The molecule has 1 N–H and O–H groups in total. The molecule has 0 aromatic carbocycles. The van der Waals surface area contributed by atoms with Crippen molar-refractivity contribution < 1.29 is 4.42 Å². The normalized spacial score (nSPS) is 17.2. The fourth-order valence-corrected chi connectivity index (χ4v) is 2.66. The topological polar surface area (TPSA) is 51.0 Å². The monoisotopic (exact) mass is 265 g/mol. The summed E-state index contributed by atoms with van der Waals surface area (Å²) in [5.74, 6) is 2.47. The summed E-state index contributed by atoms with van der Waals surface area (Å²) in [5, 5.41) is 11.7. The van der Waals surface area contributed by atoms with Crippen molar-refractivity contribution in [2.24, 2.45) is 5.92 Å². The molecule has 1 aromatic rings. The fraction of sp³-hybridized carbons (Fsp3) is 0.867. The van der Waals surface area contributed by atoms with Crippen molar-refractivity contribution in [2.45, 2.75) is 71.3 Å². The summed E-state index contributed by atoms with van der Waals surface area (Å²) < 4.78 is 5.70. The average molecular weight is 265 g/mol. The minimum absolute atomic E-state index is 0.144. The molecular weight excluding hydrogens is 238 g/mol. The summed E-state index contributed by atoms with van der Waals surface area (Å²) in [6.07, 6.45) is 8.55. The molecule has 0 aliphatic heterocycles. The minimum Gasteiger partial charge on any atom is -0.425 e. The van der Waals surface area contributed by atoms with Crippen LogP contribution in [0.4, 0.5) is 0 Å². The number of aryl methyl sites for hydroxylation is 1. The van der Waals surface area contributed by atoms with Crippen molar-refractivity contribution in [3.8, 4) is 0 Å². The maximum atomic E-state index is 5.70. The van der Waals surface area contributed by atoms with Gasteiger partial charge in [-0.25, -0.2) is 0 Å². The van der Waals surface area contributed by atoms with Gasteiger partial charge in [0.2, 0.25) is 11.8 Å². The molecule has 4 heteroatoms. The van der Waals surface area contributed by atoms with Crippen LogP contribution in [0.15, 0.2) is 4.42 Å². The Kier molecular flexibility index (Phi) is 4.97. The molecule has 2 rings (SSSR count). The quantitative estimate of drug-likeness (QED) is 0.858. The molecule has 1 aliphatic rings. The zero-order chi connectivity index (χ0) is 13.7. The van der Waals surface area contributed by atoms with Gasteiger partial charge in [0.15, 0.2) is 0 Å². The van der Waals surface area contributed by atoms with Crippen LogP contribution in [0.25, 0.3) is 0 Å². The smallest absolute Gasteiger partial charge is 0.217 e. The van der Waals surface area contributed by atoms with Crippen LogP contribution in [0.3, 0.4) is 0 Å². The van der Waals surface area contributed by atoms with E-state index in [-0.39, 0.29) is 5.54 Å². The number of nitrogens with one attached hydrogen (secondary N) is 1. The molecule has 0 bridgehead atoms. The second-order valence-corrected chi connectivity index (χ2v) is 6.71. The highest BCUT2D eigenvalue weighted by atomic mass is 16.4. The van der Waals surface area contributed by atoms with E-state index in [0.29, 0.717) is 0 Å². The Morgan fingerprint density at radius 2 is 1.74 bits per heavy atom. The Bertz CT molecular complexity index is 375. The Labute approximate surface area is 116 Å². The van der Waals surface area contributed by atoms with Gasteiger partial charge in [-0.15, -0.1) is 10.2 Å². The van der Waals surface area contributed by atoms with E-state index in [4.69, 9.17) is 4.42 Å². The molecule has 4 nitrogen and oxygen atoms in total. The van der Waals surface area contributed by atoms with Gasteiger partial charge in [0.1, 0.15) is 0 Å². The van der Waals surface area contributed by atoms with Crippen LogP contribution in [-0.2, 0) is 12.8 Å². The highest BCUT2D eigenvalue weighted by molar-refractivity contribution is 4.85. The molecule has 1 aliphatic carbocycles. The SMILES string of the molecule is CC(C)(C)NCCc1nnc(CCC2CCCC2)o1. The van der Waals surface area contributed by atoms with Crippen molar-refractivity contribution in [3.05, 3.63) is 11.8 Å².